The molecule has 0 saturated carbocycles. The molecular formula is C16H30N4S. The Labute approximate surface area is 133 Å². The summed E-state index contributed by atoms with van der Waals surface area (Å²) < 4.78 is 0. The van der Waals surface area contributed by atoms with Gasteiger partial charge in [0.05, 0.1) is 11.7 Å². The highest BCUT2D eigenvalue weighted by Crippen LogP contribution is 2.30. The van der Waals surface area contributed by atoms with Crippen LogP contribution < -0.4 is 5.32 Å². The average Bonchev–Trinajstić information content (AvgIpc) is 2.85. The zero-order valence-corrected chi connectivity index (χ0v) is 14.8. The third-order valence-electron chi connectivity index (χ3n) is 4.13. The second-order valence-electron chi connectivity index (χ2n) is 6.11. The first kappa shape index (κ1) is 16.9. The average molecular weight is 311 g/mol. The van der Waals surface area contributed by atoms with Crippen LogP contribution in [0.2, 0.25) is 0 Å². The lowest BCUT2D eigenvalue weighted by Crippen LogP contribution is -2.44. The summed E-state index contributed by atoms with van der Waals surface area (Å²) in [7, 11) is 4.44. The highest BCUT2D eigenvalue weighted by Gasteiger charge is 2.27. The number of aromatic nitrogens is 1. The van der Waals surface area contributed by atoms with Gasteiger partial charge in [-0.1, -0.05) is 20.3 Å². The lowest BCUT2D eigenvalue weighted by atomic mass is 10.2. The molecule has 1 N–H and O–H groups in total. The number of nitrogens with zero attached hydrogens (tertiary/aromatic N) is 3. The minimum Gasteiger partial charge on any atom is -0.312 e. The van der Waals surface area contributed by atoms with Crippen LogP contribution in [-0.4, -0.2) is 55.1 Å². The minimum atomic E-state index is 0.462. The lowest BCUT2D eigenvalue weighted by molar-refractivity contribution is 0.115. The quantitative estimate of drug-likeness (QED) is 0.784. The molecule has 120 valence electrons. The third kappa shape index (κ3) is 4.49. The van der Waals surface area contributed by atoms with Gasteiger partial charge in [-0.2, -0.15) is 0 Å². The predicted molar refractivity (Wildman–Crippen MR) is 91.0 cm³/mol. The van der Waals surface area contributed by atoms with Crippen molar-refractivity contribution in [1.29, 1.82) is 0 Å². The summed E-state index contributed by atoms with van der Waals surface area (Å²) in [4.78, 5) is 11.3. The molecule has 4 nitrogen and oxygen atoms in total. The Bertz CT molecular complexity index is 432. The molecule has 1 fully saturated rings. The van der Waals surface area contributed by atoms with Gasteiger partial charge in [-0.05, 0) is 33.5 Å². The standard InChI is InChI=1S/C16H30N4S/c1-5-7-13-15(11-17-8-6-2)21-16(18-13)14-12-19(3)9-10-20(14)4/h14,17H,5-12H2,1-4H3. The van der Waals surface area contributed by atoms with E-state index in [4.69, 9.17) is 4.98 Å². The van der Waals surface area contributed by atoms with Crippen LogP contribution in [0.5, 0.6) is 0 Å². The van der Waals surface area contributed by atoms with Gasteiger partial charge in [-0.25, -0.2) is 4.98 Å². The molecule has 0 amide bonds. The van der Waals surface area contributed by atoms with Gasteiger partial charge in [0.25, 0.3) is 0 Å². The maximum Gasteiger partial charge on any atom is 0.112 e. The molecule has 0 radical (unpaired) electrons. The van der Waals surface area contributed by atoms with Gasteiger partial charge < -0.3 is 10.2 Å². The Hall–Kier alpha value is -0.490. The molecule has 1 unspecified atom stereocenters. The van der Waals surface area contributed by atoms with Crippen molar-refractivity contribution in [2.45, 2.75) is 45.7 Å². The van der Waals surface area contributed by atoms with E-state index < -0.39 is 0 Å². The van der Waals surface area contributed by atoms with Gasteiger partial charge in [0.2, 0.25) is 0 Å². The molecule has 2 rings (SSSR count). The summed E-state index contributed by atoms with van der Waals surface area (Å²) in [6.07, 6.45) is 3.46. The van der Waals surface area contributed by atoms with E-state index in [9.17, 15) is 0 Å². The summed E-state index contributed by atoms with van der Waals surface area (Å²) in [5.41, 5.74) is 1.32. The van der Waals surface area contributed by atoms with Crippen LogP contribution in [0, 0.1) is 0 Å². The van der Waals surface area contributed by atoms with Crippen molar-refractivity contribution < 1.29 is 0 Å². The molecule has 0 spiro atoms. The smallest absolute Gasteiger partial charge is 0.112 e. The maximum atomic E-state index is 5.00. The first-order valence-electron chi connectivity index (χ1n) is 8.23. The monoisotopic (exact) mass is 310 g/mol. The zero-order valence-electron chi connectivity index (χ0n) is 14.0. The number of hydrogen-bond acceptors (Lipinski definition) is 5. The van der Waals surface area contributed by atoms with E-state index in [0.717, 1.165) is 39.1 Å². The van der Waals surface area contributed by atoms with Crippen molar-refractivity contribution in [3.63, 3.8) is 0 Å². The summed E-state index contributed by atoms with van der Waals surface area (Å²) in [5, 5.41) is 4.84. The molecule has 1 atom stereocenters. The fourth-order valence-electron chi connectivity index (χ4n) is 2.77. The number of piperazine rings is 1. The van der Waals surface area contributed by atoms with Crippen molar-refractivity contribution >= 4 is 11.3 Å². The molecule has 0 aliphatic carbocycles. The van der Waals surface area contributed by atoms with Crippen LogP contribution >= 0.6 is 11.3 Å². The molecule has 1 aromatic heterocycles. The Morgan fingerprint density at radius 3 is 2.76 bits per heavy atom. The second kappa shape index (κ2) is 8.22. The molecule has 21 heavy (non-hydrogen) atoms. The summed E-state index contributed by atoms with van der Waals surface area (Å²) in [6, 6.07) is 0.462. The molecule has 1 aliphatic heterocycles. The van der Waals surface area contributed by atoms with Crippen molar-refractivity contribution in [2.75, 3.05) is 40.3 Å². The summed E-state index contributed by atoms with van der Waals surface area (Å²) in [5.74, 6) is 0. The van der Waals surface area contributed by atoms with Crippen LogP contribution in [0.1, 0.15) is 48.3 Å². The normalized spacial score (nSPS) is 21.0. The van der Waals surface area contributed by atoms with E-state index in [1.807, 2.05) is 11.3 Å². The van der Waals surface area contributed by atoms with E-state index in [0.29, 0.717) is 6.04 Å². The molecular weight excluding hydrogens is 280 g/mol. The van der Waals surface area contributed by atoms with Gasteiger partial charge >= 0.3 is 0 Å². The Morgan fingerprint density at radius 2 is 2.05 bits per heavy atom. The van der Waals surface area contributed by atoms with Gasteiger partial charge in [0, 0.05) is 31.1 Å². The van der Waals surface area contributed by atoms with Gasteiger partial charge in [-0.15, -0.1) is 11.3 Å². The van der Waals surface area contributed by atoms with E-state index in [2.05, 4.69) is 43.1 Å². The van der Waals surface area contributed by atoms with Crippen LogP contribution in [0.4, 0.5) is 0 Å². The van der Waals surface area contributed by atoms with Gasteiger partial charge in [0.1, 0.15) is 5.01 Å². The lowest BCUT2D eigenvalue weighted by Gasteiger charge is -2.36. The fraction of sp³-hybridized carbons (Fsp3) is 0.812. The first-order chi connectivity index (χ1) is 10.2. The third-order valence-corrected chi connectivity index (χ3v) is 5.33. The minimum absolute atomic E-state index is 0.462. The van der Waals surface area contributed by atoms with Gasteiger partial charge in [-0.3, -0.25) is 4.90 Å². The van der Waals surface area contributed by atoms with Crippen LogP contribution in [0.3, 0.4) is 0 Å². The number of rotatable bonds is 7. The Kier molecular flexibility index (Phi) is 6.61. The van der Waals surface area contributed by atoms with Crippen LogP contribution in [0.25, 0.3) is 0 Å². The number of nitrogens with one attached hydrogen (secondary N) is 1. The van der Waals surface area contributed by atoms with Crippen molar-refractivity contribution in [1.82, 2.24) is 20.1 Å². The molecule has 1 aliphatic rings. The largest absolute Gasteiger partial charge is 0.312 e. The van der Waals surface area contributed by atoms with Gasteiger partial charge in [0.15, 0.2) is 0 Å². The molecule has 0 aromatic carbocycles. The molecule has 5 heteroatoms. The highest BCUT2D eigenvalue weighted by molar-refractivity contribution is 7.11. The number of thiazole rings is 1. The molecule has 1 aromatic rings. The molecule has 0 bridgehead atoms. The highest BCUT2D eigenvalue weighted by atomic mass is 32.1. The topological polar surface area (TPSA) is 31.4 Å². The SMILES string of the molecule is CCCNCc1sc(C2CN(C)CCN2C)nc1CCC. The van der Waals surface area contributed by atoms with Crippen molar-refractivity contribution in [3.8, 4) is 0 Å². The van der Waals surface area contributed by atoms with E-state index in [-0.39, 0.29) is 0 Å². The second-order valence-corrected chi connectivity index (χ2v) is 7.22. The number of aryl methyl sites for hydroxylation is 1. The Morgan fingerprint density at radius 1 is 1.24 bits per heavy atom. The fourth-order valence-corrected chi connectivity index (χ4v) is 4.01. The van der Waals surface area contributed by atoms with Crippen LogP contribution in [0.15, 0.2) is 0 Å². The Balaban J connectivity index is 2.13. The predicted octanol–water partition coefficient (Wildman–Crippen LogP) is 2.51. The summed E-state index contributed by atoms with van der Waals surface area (Å²) >= 11 is 1.92. The van der Waals surface area contributed by atoms with E-state index in [1.54, 1.807) is 0 Å². The van der Waals surface area contributed by atoms with E-state index >= 15 is 0 Å². The number of likely N-dealkylation sites (N-methyl/N-ethyl adjacent to an activating group) is 2. The van der Waals surface area contributed by atoms with Crippen molar-refractivity contribution in [3.05, 3.63) is 15.6 Å². The van der Waals surface area contributed by atoms with E-state index in [1.165, 1.54) is 28.4 Å². The first-order valence-corrected chi connectivity index (χ1v) is 9.05. The maximum absolute atomic E-state index is 5.00. The number of hydrogen-bond donors (Lipinski definition) is 1. The molecule has 2 heterocycles. The van der Waals surface area contributed by atoms with Crippen molar-refractivity contribution in [2.24, 2.45) is 0 Å². The molecule has 1 saturated heterocycles. The van der Waals surface area contributed by atoms with Crippen LogP contribution in [-0.2, 0) is 13.0 Å². The zero-order chi connectivity index (χ0) is 15.2. The summed E-state index contributed by atoms with van der Waals surface area (Å²) in [6.45, 7) is 9.90.